The van der Waals surface area contributed by atoms with Gasteiger partial charge in [-0.25, -0.2) is 0 Å². The Morgan fingerprint density at radius 2 is 1.65 bits per heavy atom. The van der Waals surface area contributed by atoms with E-state index in [4.69, 9.17) is 12.2 Å². The van der Waals surface area contributed by atoms with Crippen molar-refractivity contribution in [1.29, 1.82) is 0 Å². The Morgan fingerprint density at radius 3 is 2.33 bits per heavy atom. The Labute approximate surface area is 245 Å². The van der Waals surface area contributed by atoms with Gasteiger partial charge in [-0.2, -0.15) is 0 Å². The highest BCUT2D eigenvalue weighted by Gasteiger charge is 2.49. The lowest BCUT2D eigenvalue weighted by Crippen LogP contribution is -2.59. The molecule has 0 aromatic heterocycles. The van der Waals surface area contributed by atoms with Gasteiger partial charge < -0.3 is 26.0 Å². The van der Waals surface area contributed by atoms with Crippen LogP contribution in [0.2, 0.25) is 0 Å². The van der Waals surface area contributed by atoms with Gasteiger partial charge in [0.15, 0.2) is 11.2 Å². The number of thioether (sulfide) groups is 1. The first-order valence-corrected chi connectivity index (χ1v) is 14.7. The molecule has 1 aliphatic heterocycles. The van der Waals surface area contributed by atoms with E-state index in [1.165, 1.54) is 16.7 Å². The predicted octanol–water partition coefficient (Wildman–Crippen LogP) is 4.25. The van der Waals surface area contributed by atoms with E-state index >= 15 is 0 Å². The fourth-order valence-electron chi connectivity index (χ4n) is 4.81. The van der Waals surface area contributed by atoms with Gasteiger partial charge in [0.2, 0.25) is 5.91 Å². The summed E-state index contributed by atoms with van der Waals surface area (Å²) in [5, 5.41) is 21.0. The molecule has 0 radical (unpaired) electrons. The highest BCUT2D eigenvalue weighted by Crippen LogP contribution is 2.40. The number of aryl methyl sites for hydroxylation is 1. The minimum atomic E-state index is -1.43. The average molecular weight is 577 g/mol. The van der Waals surface area contributed by atoms with Crippen LogP contribution >= 0.6 is 24.0 Å². The number of rotatable bonds is 9. The first kappa shape index (κ1) is 29.6. The summed E-state index contributed by atoms with van der Waals surface area (Å²) in [6.07, 6.45) is -1.07. The molecule has 7 nitrogen and oxygen atoms in total. The van der Waals surface area contributed by atoms with Gasteiger partial charge in [-0.15, -0.1) is 11.8 Å². The van der Waals surface area contributed by atoms with Crippen molar-refractivity contribution in [2.75, 3.05) is 11.2 Å². The molecule has 4 N–H and O–H groups in total. The molecule has 3 atom stereocenters. The van der Waals surface area contributed by atoms with Gasteiger partial charge in [-0.05, 0) is 68.2 Å². The second-order valence-corrected chi connectivity index (χ2v) is 12.4. The van der Waals surface area contributed by atoms with Crippen molar-refractivity contribution in [3.8, 4) is 0 Å². The van der Waals surface area contributed by atoms with Crippen LogP contribution in [-0.2, 0) is 22.6 Å². The molecule has 210 valence electrons. The Hall–Kier alpha value is -3.40. The topological polar surface area (TPSA) is 93.7 Å². The summed E-state index contributed by atoms with van der Waals surface area (Å²) in [6, 6.07) is 25.5. The van der Waals surface area contributed by atoms with Gasteiger partial charge in [0.1, 0.15) is 6.04 Å². The summed E-state index contributed by atoms with van der Waals surface area (Å²) in [5.74, 6) is -0.450. The molecule has 0 spiro atoms. The molecule has 0 aliphatic carbocycles. The van der Waals surface area contributed by atoms with Crippen LogP contribution < -0.4 is 16.0 Å². The third-order valence-electron chi connectivity index (χ3n) is 7.07. The standard InChI is InChI=1S/C31H36N4O3S2/c1-21-12-10-11-15-23(21)19-32-28(37)27-31(2,3)40-20-35(27)29(38)26(36)25(18-22-13-6-4-7-14-22)34-30(39)33-24-16-8-5-9-17-24/h4-17,25-27,36H,18-20H2,1-3H3,(H,32,37)(H2,33,34,39)/t25?,26-,27+/m0/s1. The van der Waals surface area contributed by atoms with Crippen molar-refractivity contribution in [3.63, 3.8) is 0 Å². The maximum atomic E-state index is 13.8. The van der Waals surface area contributed by atoms with E-state index in [1.54, 1.807) is 0 Å². The van der Waals surface area contributed by atoms with E-state index in [1.807, 2.05) is 106 Å². The minimum Gasteiger partial charge on any atom is -0.381 e. The number of amides is 2. The number of nitrogens with one attached hydrogen (secondary N) is 3. The number of aliphatic hydroxyl groups excluding tert-OH is 1. The molecular formula is C31H36N4O3S2. The number of carbonyl (C=O) groups excluding carboxylic acids is 2. The number of aliphatic hydroxyl groups is 1. The number of nitrogens with zero attached hydrogens (tertiary/aromatic N) is 1. The maximum absolute atomic E-state index is 13.8. The highest BCUT2D eigenvalue weighted by molar-refractivity contribution is 8.00. The van der Waals surface area contributed by atoms with Crippen LogP contribution in [0.25, 0.3) is 0 Å². The molecular weight excluding hydrogens is 541 g/mol. The Balaban J connectivity index is 1.51. The lowest BCUT2D eigenvalue weighted by atomic mass is 9.97. The monoisotopic (exact) mass is 576 g/mol. The van der Waals surface area contributed by atoms with E-state index in [9.17, 15) is 14.7 Å². The number of hydrogen-bond donors (Lipinski definition) is 4. The molecule has 2 amide bonds. The van der Waals surface area contributed by atoms with Crippen LogP contribution in [0.15, 0.2) is 84.9 Å². The van der Waals surface area contributed by atoms with Gasteiger partial charge in [0.25, 0.3) is 5.91 Å². The van der Waals surface area contributed by atoms with Crippen LogP contribution in [0.3, 0.4) is 0 Å². The van der Waals surface area contributed by atoms with Crippen molar-refractivity contribution in [1.82, 2.24) is 15.5 Å². The zero-order valence-electron chi connectivity index (χ0n) is 23.0. The van der Waals surface area contributed by atoms with E-state index in [-0.39, 0.29) is 5.91 Å². The Kier molecular flexibility index (Phi) is 9.84. The van der Waals surface area contributed by atoms with Crippen LogP contribution in [0.5, 0.6) is 0 Å². The Morgan fingerprint density at radius 1 is 1.02 bits per heavy atom. The molecule has 0 saturated carbocycles. The van der Waals surface area contributed by atoms with Crippen LogP contribution in [-0.4, -0.2) is 55.7 Å². The molecule has 9 heteroatoms. The summed E-state index contributed by atoms with van der Waals surface area (Å²) in [5.41, 5.74) is 3.84. The SMILES string of the molecule is Cc1ccccc1CNC(=O)[C@H]1N(C(=O)[C@@H](O)C(Cc2ccccc2)NC(=S)Nc2ccccc2)CSC1(C)C. The first-order chi connectivity index (χ1) is 19.2. The second kappa shape index (κ2) is 13.3. The summed E-state index contributed by atoms with van der Waals surface area (Å²) >= 11 is 7.06. The zero-order valence-corrected chi connectivity index (χ0v) is 24.6. The zero-order chi connectivity index (χ0) is 28.7. The molecule has 3 aromatic rings. The summed E-state index contributed by atoms with van der Waals surface area (Å²) in [7, 11) is 0. The van der Waals surface area contributed by atoms with Crippen molar-refractivity contribution < 1.29 is 14.7 Å². The number of anilines is 1. The van der Waals surface area contributed by atoms with E-state index < -0.39 is 28.8 Å². The lowest BCUT2D eigenvalue weighted by molar-refractivity contribution is -0.147. The first-order valence-electron chi connectivity index (χ1n) is 13.3. The molecule has 0 bridgehead atoms. The summed E-state index contributed by atoms with van der Waals surface area (Å²) in [4.78, 5) is 28.8. The second-order valence-electron chi connectivity index (χ2n) is 10.4. The third-order valence-corrected chi connectivity index (χ3v) is 8.67. The highest BCUT2D eigenvalue weighted by atomic mass is 32.2. The van der Waals surface area contributed by atoms with Crippen molar-refractivity contribution in [2.24, 2.45) is 0 Å². The van der Waals surface area contributed by atoms with Gasteiger partial charge in [0.05, 0.1) is 11.9 Å². The van der Waals surface area contributed by atoms with Gasteiger partial charge in [-0.1, -0.05) is 72.8 Å². The number of benzene rings is 3. The molecule has 1 saturated heterocycles. The molecule has 1 heterocycles. The Bertz CT molecular complexity index is 1320. The van der Waals surface area contributed by atoms with E-state index in [2.05, 4.69) is 16.0 Å². The molecule has 40 heavy (non-hydrogen) atoms. The number of para-hydroxylation sites is 1. The van der Waals surface area contributed by atoms with Crippen molar-refractivity contribution >= 4 is 46.6 Å². The fourth-order valence-corrected chi connectivity index (χ4v) is 6.22. The average Bonchev–Trinajstić information content (AvgIpc) is 3.27. The number of thiocarbonyl (C=S) groups is 1. The summed E-state index contributed by atoms with van der Waals surface area (Å²) in [6.45, 7) is 6.27. The number of hydrogen-bond acceptors (Lipinski definition) is 5. The van der Waals surface area contributed by atoms with Gasteiger partial charge in [0, 0.05) is 17.0 Å². The quantitative estimate of drug-likeness (QED) is 0.283. The van der Waals surface area contributed by atoms with Crippen LogP contribution in [0, 0.1) is 6.92 Å². The normalized spacial score (nSPS) is 17.5. The van der Waals surface area contributed by atoms with Gasteiger partial charge in [-0.3, -0.25) is 9.59 Å². The molecule has 1 unspecified atom stereocenters. The summed E-state index contributed by atoms with van der Waals surface area (Å²) < 4.78 is -0.530. The smallest absolute Gasteiger partial charge is 0.254 e. The fraction of sp³-hybridized carbons (Fsp3) is 0.323. The van der Waals surface area contributed by atoms with Crippen LogP contribution in [0.4, 0.5) is 5.69 Å². The molecule has 1 fully saturated rings. The van der Waals surface area contributed by atoms with Crippen molar-refractivity contribution in [2.45, 2.75) is 56.7 Å². The largest absolute Gasteiger partial charge is 0.381 e. The van der Waals surface area contributed by atoms with Crippen molar-refractivity contribution in [3.05, 3.63) is 102 Å². The molecule has 4 rings (SSSR count). The number of carbonyl (C=O) groups is 2. The third kappa shape index (κ3) is 7.41. The molecule has 1 aliphatic rings. The molecule has 3 aromatic carbocycles. The maximum Gasteiger partial charge on any atom is 0.254 e. The van der Waals surface area contributed by atoms with E-state index in [0.717, 1.165) is 22.4 Å². The van der Waals surface area contributed by atoms with E-state index in [0.29, 0.717) is 24.0 Å². The minimum absolute atomic E-state index is 0.243. The van der Waals surface area contributed by atoms with Gasteiger partial charge >= 0.3 is 0 Å². The van der Waals surface area contributed by atoms with Crippen LogP contribution in [0.1, 0.15) is 30.5 Å². The lowest BCUT2D eigenvalue weighted by Gasteiger charge is -2.33. The predicted molar refractivity (Wildman–Crippen MR) is 166 cm³/mol.